The number of hydrogen-bond donors (Lipinski definition) is 0. The van der Waals surface area contributed by atoms with Gasteiger partial charge in [-0.05, 0) is 29.8 Å². The molecule has 120 valence electrons. The summed E-state index contributed by atoms with van der Waals surface area (Å²) in [6.45, 7) is 5.25. The lowest BCUT2D eigenvalue weighted by Crippen LogP contribution is -2.41. The maximum absolute atomic E-state index is 13.0. The summed E-state index contributed by atoms with van der Waals surface area (Å²) in [6.07, 6.45) is 1.93. The van der Waals surface area contributed by atoms with Crippen molar-refractivity contribution >= 4 is 32.7 Å². The summed E-state index contributed by atoms with van der Waals surface area (Å²) in [5.74, 6) is 0.0734. The molecule has 4 rings (SSSR count). The van der Waals surface area contributed by atoms with Gasteiger partial charge in [0, 0.05) is 28.5 Å². The van der Waals surface area contributed by atoms with Crippen molar-refractivity contribution in [2.45, 2.75) is 12.6 Å². The van der Waals surface area contributed by atoms with Crippen molar-refractivity contribution < 1.29 is 4.79 Å². The molecule has 3 nitrogen and oxygen atoms in total. The molecule has 0 unspecified atom stereocenters. The molecule has 0 radical (unpaired) electrons. The average Bonchev–Trinajstić information content (AvgIpc) is 2.97. The maximum Gasteiger partial charge on any atom is 0.270 e. The fourth-order valence-corrected chi connectivity index (χ4v) is 3.78. The Kier molecular flexibility index (Phi) is 3.77. The summed E-state index contributed by atoms with van der Waals surface area (Å²) in [5, 5.41) is 1.07. The number of benzene rings is 2. The molecule has 0 saturated carbocycles. The Morgan fingerprint density at radius 1 is 1.17 bits per heavy atom. The lowest BCUT2D eigenvalue weighted by Gasteiger charge is -2.33. The number of aromatic nitrogens is 1. The number of rotatable bonds is 3. The second kappa shape index (κ2) is 5.95. The molecule has 24 heavy (non-hydrogen) atoms. The quantitative estimate of drug-likeness (QED) is 0.599. The molecule has 0 aliphatic carbocycles. The number of halogens is 1. The molecule has 1 atom stereocenters. The van der Waals surface area contributed by atoms with Gasteiger partial charge in [0.15, 0.2) is 0 Å². The zero-order chi connectivity index (χ0) is 16.7. The van der Waals surface area contributed by atoms with E-state index >= 15 is 0 Å². The molecule has 1 aliphatic rings. The largest absolute Gasteiger partial charge is 0.331 e. The number of hydrogen-bond acceptors (Lipinski definition) is 1. The van der Waals surface area contributed by atoms with Gasteiger partial charge in [0.1, 0.15) is 5.69 Å². The van der Waals surface area contributed by atoms with E-state index < -0.39 is 0 Å². The van der Waals surface area contributed by atoms with Crippen LogP contribution in [0.15, 0.2) is 71.7 Å². The molecule has 0 bridgehead atoms. The van der Waals surface area contributed by atoms with Crippen LogP contribution in [0.2, 0.25) is 0 Å². The van der Waals surface area contributed by atoms with Crippen molar-refractivity contribution in [1.29, 1.82) is 0 Å². The van der Waals surface area contributed by atoms with Crippen LogP contribution in [0, 0.1) is 0 Å². The van der Waals surface area contributed by atoms with Crippen molar-refractivity contribution in [2.75, 3.05) is 6.54 Å². The van der Waals surface area contributed by atoms with Gasteiger partial charge in [0.05, 0.1) is 6.04 Å². The van der Waals surface area contributed by atoms with E-state index in [0.29, 0.717) is 13.1 Å². The summed E-state index contributed by atoms with van der Waals surface area (Å²) < 4.78 is 3.13. The Hall–Kier alpha value is -2.33. The molecule has 0 saturated heterocycles. The number of amides is 1. The standard InChI is InChI=1S/C20H17BrN2O/c1-2-17-13-22(12-14-6-4-3-5-7-14)20(24)19-11-15-10-16(21)8-9-18(15)23(17)19/h2-11,17H,1,12-13H2/t17-/m1/s1. The lowest BCUT2D eigenvalue weighted by atomic mass is 10.1. The third kappa shape index (κ3) is 2.47. The highest BCUT2D eigenvalue weighted by Gasteiger charge is 2.31. The minimum Gasteiger partial charge on any atom is -0.331 e. The third-order valence-electron chi connectivity index (χ3n) is 4.53. The van der Waals surface area contributed by atoms with Gasteiger partial charge < -0.3 is 9.47 Å². The van der Waals surface area contributed by atoms with Crippen molar-refractivity contribution in [2.24, 2.45) is 0 Å². The Labute approximate surface area is 149 Å². The fourth-order valence-electron chi connectivity index (χ4n) is 3.40. The Morgan fingerprint density at radius 2 is 1.96 bits per heavy atom. The Balaban J connectivity index is 1.78. The SMILES string of the molecule is C=C[C@@H]1CN(Cc2ccccc2)C(=O)c2cc3cc(Br)ccc3n21. The summed E-state index contributed by atoms with van der Waals surface area (Å²) in [5.41, 5.74) is 2.95. The third-order valence-corrected chi connectivity index (χ3v) is 5.03. The highest BCUT2D eigenvalue weighted by atomic mass is 79.9. The van der Waals surface area contributed by atoms with Gasteiger partial charge in [-0.25, -0.2) is 0 Å². The van der Waals surface area contributed by atoms with Gasteiger partial charge >= 0.3 is 0 Å². The number of carbonyl (C=O) groups is 1. The van der Waals surface area contributed by atoms with Crippen LogP contribution in [0.1, 0.15) is 22.1 Å². The molecular weight excluding hydrogens is 364 g/mol. The van der Waals surface area contributed by atoms with Gasteiger partial charge in [-0.2, -0.15) is 0 Å². The van der Waals surface area contributed by atoms with Crippen LogP contribution >= 0.6 is 15.9 Å². The first kappa shape index (κ1) is 15.2. The minimum atomic E-state index is 0.0734. The van der Waals surface area contributed by atoms with Crippen molar-refractivity contribution in [3.8, 4) is 0 Å². The van der Waals surface area contributed by atoms with E-state index in [1.54, 1.807) is 0 Å². The molecule has 1 aliphatic heterocycles. The maximum atomic E-state index is 13.0. The first-order valence-electron chi connectivity index (χ1n) is 7.93. The molecule has 2 aromatic carbocycles. The minimum absolute atomic E-state index is 0.0734. The Morgan fingerprint density at radius 3 is 2.71 bits per heavy atom. The molecular formula is C20H17BrN2O. The number of carbonyl (C=O) groups excluding carboxylic acids is 1. The fraction of sp³-hybridized carbons (Fsp3) is 0.150. The smallest absolute Gasteiger partial charge is 0.270 e. The zero-order valence-corrected chi connectivity index (χ0v) is 14.7. The molecule has 0 N–H and O–H groups in total. The molecule has 0 fully saturated rings. The van der Waals surface area contributed by atoms with Gasteiger partial charge in [-0.1, -0.05) is 52.3 Å². The predicted octanol–water partition coefficient (Wildman–Crippen LogP) is 4.79. The molecule has 0 spiro atoms. The van der Waals surface area contributed by atoms with Crippen LogP contribution in [0.25, 0.3) is 10.9 Å². The second-order valence-electron chi connectivity index (χ2n) is 6.08. The van der Waals surface area contributed by atoms with Crippen LogP contribution in [0.5, 0.6) is 0 Å². The lowest BCUT2D eigenvalue weighted by molar-refractivity contribution is 0.0676. The van der Waals surface area contributed by atoms with Crippen LogP contribution in [0.4, 0.5) is 0 Å². The van der Waals surface area contributed by atoms with E-state index in [2.05, 4.69) is 51.3 Å². The van der Waals surface area contributed by atoms with E-state index in [9.17, 15) is 4.79 Å². The van der Waals surface area contributed by atoms with E-state index in [-0.39, 0.29) is 11.9 Å². The van der Waals surface area contributed by atoms with E-state index in [1.165, 1.54) is 0 Å². The summed E-state index contributed by atoms with van der Waals surface area (Å²) >= 11 is 3.50. The van der Waals surface area contributed by atoms with Gasteiger partial charge in [0.2, 0.25) is 0 Å². The molecule has 1 amide bonds. The molecule has 4 heteroatoms. The highest BCUT2D eigenvalue weighted by Crippen LogP contribution is 2.32. The first-order valence-corrected chi connectivity index (χ1v) is 8.73. The number of fused-ring (bicyclic) bond motifs is 3. The number of nitrogens with zero attached hydrogens (tertiary/aromatic N) is 2. The topological polar surface area (TPSA) is 25.2 Å². The normalized spacial score (nSPS) is 17.1. The molecule has 1 aromatic heterocycles. The van der Waals surface area contributed by atoms with E-state index in [4.69, 9.17) is 0 Å². The van der Waals surface area contributed by atoms with Gasteiger partial charge in [0.25, 0.3) is 5.91 Å². The van der Waals surface area contributed by atoms with Gasteiger partial charge in [-0.3, -0.25) is 4.79 Å². The zero-order valence-electron chi connectivity index (χ0n) is 13.2. The van der Waals surface area contributed by atoms with Crippen molar-refractivity contribution in [3.05, 3.63) is 83.0 Å². The van der Waals surface area contributed by atoms with E-state index in [0.717, 1.165) is 26.6 Å². The van der Waals surface area contributed by atoms with Gasteiger partial charge in [-0.15, -0.1) is 6.58 Å². The average molecular weight is 381 g/mol. The van der Waals surface area contributed by atoms with Crippen LogP contribution < -0.4 is 0 Å². The van der Waals surface area contributed by atoms with E-state index in [1.807, 2.05) is 41.3 Å². The summed E-state index contributed by atoms with van der Waals surface area (Å²) in [7, 11) is 0. The van der Waals surface area contributed by atoms with Crippen LogP contribution in [-0.4, -0.2) is 21.9 Å². The summed E-state index contributed by atoms with van der Waals surface area (Å²) in [4.78, 5) is 14.9. The monoisotopic (exact) mass is 380 g/mol. The van der Waals surface area contributed by atoms with Crippen LogP contribution in [0.3, 0.4) is 0 Å². The van der Waals surface area contributed by atoms with Crippen molar-refractivity contribution in [1.82, 2.24) is 9.47 Å². The molecule has 3 aromatic rings. The first-order chi connectivity index (χ1) is 11.7. The Bertz CT molecular complexity index is 929. The van der Waals surface area contributed by atoms with Crippen LogP contribution in [-0.2, 0) is 6.54 Å². The predicted molar refractivity (Wildman–Crippen MR) is 100 cm³/mol. The summed E-state index contributed by atoms with van der Waals surface area (Å²) in [6, 6.07) is 18.3. The highest BCUT2D eigenvalue weighted by molar-refractivity contribution is 9.10. The van der Waals surface area contributed by atoms with Crippen molar-refractivity contribution in [3.63, 3.8) is 0 Å². The second-order valence-corrected chi connectivity index (χ2v) is 6.99. The molecule has 2 heterocycles.